The van der Waals surface area contributed by atoms with Gasteiger partial charge in [-0.3, -0.25) is 19.2 Å². The van der Waals surface area contributed by atoms with Gasteiger partial charge in [-0.2, -0.15) is 0 Å². The van der Waals surface area contributed by atoms with E-state index in [9.17, 15) is 29.4 Å². The summed E-state index contributed by atoms with van der Waals surface area (Å²) in [6, 6.07) is 0. The number of hydrogen-bond acceptors (Lipinski definition) is 15. The maximum atomic E-state index is 12.0. The van der Waals surface area contributed by atoms with E-state index in [1.807, 2.05) is 62.3 Å². The van der Waals surface area contributed by atoms with Gasteiger partial charge in [0.15, 0.2) is 37.2 Å². The number of methoxy groups -OCH3 is 3. The zero-order valence-corrected chi connectivity index (χ0v) is 36.8. The molecule has 0 amide bonds. The highest BCUT2D eigenvalue weighted by atomic mass is 16.7. The number of rotatable bonds is 6. The molecule has 6 aliphatic rings. The third-order valence-electron chi connectivity index (χ3n) is 12.4. The Morgan fingerprint density at radius 3 is 0.982 bits per heavy atom. The summed E-state index contributed by atoms with van der Waals surface area (Å²) < 4.78 is 50.2. The molecule has 0 aromatic rings. The van der Waals surface area contributed by atoms with E-state index in [4.69, 9.17) is 42.6 Å². The second kappa shape index (κ2) is 17.0. The van der Waals surface area contributed by atoms with Gasteiger partial charge in [0.2, 0.25) is 0 Å². The van der Waals surface area contributed by atoms with Crippen LogP contribution in [0.25, 0.3) is 0 Å². The first-order chi connectivity index (χ1) is 26.1. The molecule has 3 saturated heterocycles. The molecule has 9 atom stereocenters. The van der Waals surface area contributed by atoms with Crippen molar-refractivity contribution in [1.29, 1.82) is 0 Å². The zero-order valence-electron chi connectivity index (χ0n) is 36.8. The van der Waals surface area contributed by atoms with Crippen molar-refractivity contribution >= 4 is 23.7 Å². The monoisotopic (exact) mass is 814 g/mol. The van der Waals surface area contributed by atoms with E-state index < -0.39 is 70.2 Å². The van der Waals surface area contributed by atoms with Gasteiger partial charge in [-0.15, -0.1) is 0 Å². The van der Waals surface area contributed by atoms with Crippen LogP contribution in [0.3, 0.4) is 0 Å². The van der Waals surface area contributed by atoms with E-state index in [1.54, 1.807) is 35.0 Å². The maximum Gasteiger partial charge on any atom is 0.311 e. The van der Waals surface area contributed by atoms with Gasteiger partial charge >= 0.3 is 17.9 Å². The molecule has 57 heavy (non-hydrogen) atoms. The molecule has 0 radical (unpaired) electrons. The molecule has 3 aliphatic heterocycles. The Hall–Kier alpha value is -2.24. The molecule has 2 N–H and O–H groups in total. The molecule has 15 nitrogen and oxygen atoms in total. The van der Waals surface area contributed by atoms with Crippen LogP contribution in [-0.4, -0.2) is 121 Å². The predicted octanol–water partition coefficient (Wildman–Crippen LogP) is 4.64. The summed E-state index contributed by atoms with van der Waals surface area (Å²) >= 11 is 0. The fourth-order valence-corrected chi connectivity index (χ4v) is 8.18. The summed E-state index contributed by atoms with van der Waals surface area (Å²) in [5, 5.41) is 19.0. The van der Waals surface area contributed by atoms with Crippen molar-refractivity contribution in [2.75, 3.05) is 21.3 Å². The highest BCUT2D eigenvalue weighted by molar-refractivity contribution is 5.87. The number of carbonyl (C=O) groups excluding carboxylic acids is 4. The lowest BCUT2D eigenvalue weighted by Gasteiger charge is -2.44. The highest BCUT2D eigenvalue weighted by Gasteiger charge is 2.63. The van der Waals surface area contributed by atoms with Gasteiger partial charge in [0, 0.05) is 77.6 Å². The number of aliphatic hydroxyl groups excluding tert-OH is 2. The van der Waals surface area contributed by atoms with Crippen LogP contribution in [0, 0.1) is 34.0 Å². The first-order valence-corrected chi connectivity index (χ1v) is 20.2. The van der Waals surface area contributed by atoms with E-state index in [2.05, 4.69) is 0 Å². The molecule has 3 heterocycles. The fourth-order valence-electron chi connectivity index (χ4n) is 8.18. The minimum atomic E-state index is -0.589. The molecular formula is C42H70O15. The fraction of sp³-hybridized carbons (Fsp3) is 0.905. The van der Waals surface area contributed by atoms with Crippen molar-refractivity contribution in [3.05, 3.63) is 0 Å². The van der Waals surface area contributed by atoms with Gasteiger partial charge in [-0.1, -0.05) is 20.8 Å². The number of aliphatic hydroxyl groups is 2. The van der Waals surface area contributed by atoms with Crippen LogP contribution < -0.4 is 0 Å². The molecular weight excluding hydrogens is 744 g/mol. The molecule has 3 unspecified atom stereocenters. The van der Waals surface area contributed by atoms with Crippen molar-refractivity contribution < 1.29 is 72.0 Å². The molecule has 3 spiro atoms. The third-order valence-corrected chi connectivity index (χ3v) is 12.4. The van der Waals surface area contributed by atoms with Gasteiger partial charge in [-0.05, 0) is 62.3 Å². The number of hydrogen-bond donors (Lipinski definition) is 2. The summed E-state index contributed by atoms with van der Waals surface area (Å²) in [4.78, 5) is 47.3. The SMILES string of the molecule is CO[C@@H]1OC2(CC(=O)C2)[C@@H](C)C1OC(=O)C(C)(C)C.CO[C@@H]1OC2(CC(O)C2)[C@@H](C)C1OC(=O)C(C)(C)C.CO[C@@H]1OC2(CC(O)C2)[C@@H](C)C1OC(=O)C(C)(C)C. The van der Waals surface area contributed by atoms with Gasteiger partial charge in [0.05, 0.1) is 45.3 Å². The summed E-state index contributed by atoms with van der Waals surface area (Å²) in [7, 11) is 4.61. The number of ketones is 1. The van der Waals surface area contributed by atoms with Crippen LogP contribution in [0.4, 0.5) is 0 Å². The van der Waals surface area contributed by atoms with E-state index in [1.165, 1.54) is 7.11 Å². The van der Waals surface area contributed by atoms with Crippen LogP contribution in [0.5, 0.6) is 0 Å². The second-order valence-corrected chi connectivity index (χ2v) is 20.1. The summed E-state index contributed by atoms with van der Waals surface area (Å²) in [6.45, 7) is 22.3. The Kier molecular flexibility index (Phi) is 14.2. The quantitative estimate of drug-likeness (QED) is 0.278. The van der Waals surface area contributed by atoms with Crippen LogP contribution in [0.2, 0.25) is 0 Å². The number of Topliss-reactive ketones (excluding diaryl/α,β-unsaturated/α-hetero) is 1. The van der Waals surface area contributed by atoms with Crippen LogP contribution >= 0.6 is 0 Å². The lowest BCUT2D eigenvalue weighted by Crippen LogP contribution is -2.52. The van der Waals surface area contributed by atoms with E-state index in [0.717, 1.165) is 0 Å². The molecule has 0 bridgehead atoms. The summed E-state index contributed by atoms with van der Waals surface area (Å²) in [6.07, 6.45) is -0.510. The van der Waals surface area contributed by atoms with Crippen LogP contribution in [0.1, 0.15) is 122 Å². The van der Waals surface area contributed by atoms with Gasteiger partial charge < -0.3 is 52.8 Å². The number of esters is 3. The molecule has 3 aliphatic carbocycles. The normalized spacial score (nSPS) is 39.2. The van der Waals surface area contributed by atoms with Gasteiger partial charge in [0.1, 0.15) is 5.78 Å². The maximum absolute atomic E-state index is 12.0. The zero-order chi connectivity index (χ0) is 43.3. The van der Waals surface area contributed by atoms with Gasteiger partial charge in [-0.25, -0.2) is 0 Å². The molecule has 6 rings (SSSR count). The second-order valence-electron chi connectivity index (χ2n) is 20.1. The van der Waals surface area contributed by atoms with Crippen molar-refractivity contribution in [1.82, 2.24) is 0 Å². The Bertz CT molecular complexity index is 1370. The Balaban J connectivity index is 0.000000189. The van der Waals surface area contributed by atoms with E-state index in [0.29, 0.717) is 38.5 Å². The van der Waals surface area contributed by atoms with Crippen molar-refractivity contribution in [3.63, 3.8) is 0 Å². The molecule has 15 heteroatoms. The average molecular weight is 815 g/mol. The largest absolute Gasteiger partial charge is 0.456 e. The first kappa shape index (κ1) is 47.4. The lowest BCUT2D eigenvalue weighted by atomic mass is 9.69. The molecule has 328 valence electrons. The third kappa shape index (κ3) is 9.88. The standard InChI is InChI=1S/2C14H24O5.C14H22O5/c3*1-8-10(18-12(16)13(2,3)4)11(17-5)19-14(8)6-9(15)7-14/h2*8-11,15H,6-7H2,1-5H3;8,10-11H,6-7H2,1-5H3/t2*8-,9?,10?,11+,14?;8-,10?,11+/m000/s1. The Morgan fingerprint density at radius 2 is 0.772 bits per heavy atom. The van der Waals surface area contributed by atoms with Crippen molar-refractivity contribution in [2.24, 2.45) is 34.0 Å². The Labute approximate surface area is 338 Å². The lowest BCUT2D eigenvalue weighted by molar-refractivity contribution is -0.223. The van der Waals surface area contributed by atoms with Gasteiger partial charge in [0.25, 0.3) is 0 Å². The Morgan fingerprint density at radius 1 is 0.526 bits per heavy atom. The minimum Gasteiger partial charge on any atom is -0.456 e. The molecule has 0 aromatic carbocycles. The highest BCUT2D eigenvalue weighted by Crippen LogP contribution is 2.52. The first-order valence-electron chi connectivity index (χ1n) is 20.2. The topological polar surface area (TPSA) is 192 Å². The van der Waals surface area contributed by atoms with E-state index >= 15 is 0 Å². The molecule has 6 fully saturated rings. The number of ether oxygens (including phenoxy) is 9. The summed E-state index contributed by atoms with van der Waals surface area (Å²) in [5.41, 5.74) is -2.96. The predicted molar refractivity (Wildman–Crippen MR) is 204 cm³/mol. The molecule has 0 aromatic heterocycles. The average Bonchev–Trinajstić information content (AvgIpc) is 3.61. The minimum absolute atomic E-state index is 0.0205. The molecule has 3 saturated carbocycles. The smallest absolute Gasteiger partial charge is 0.311 e. The summed E-state index contributed by atoms with van der Waals surface area (Å²) in [5.74, 6) is -0.609. The van der Waals surface area contributed by atoms with Crippen molar-refractivity contribution in [2.45, 2.75) is 188 Å². The number of carbonyl (C=O) groups is 4. The van der Waals surface area contributed by atoms with Crippen LogP contribution in [-0.2, 0) is 61.8 Å². The van der Waals surface area contributed by atoms with Crippen molar-refractivity contribution in [3.8, 4) is 0 Å². The van der Waals surface area contributed by atoms with E-state index in [-0.39, 0.29) is 53.7 Å². The van der Waals surface area contributed by atoms with Crippen LogP contribution in [0.15, 0.2) is 0 Å².